The summed E-state index contributed by atoms with van der Waals surface area (Å²) in [6.45, 7) is 7.43. The monoisotopic (exact) mass is 385 g/mol. The molecule has 2 rings (SSSR count). The van der Waals surface area contributed by atoms with Crippen LogP contribution in [0.4, 0.5) is 0 Å². The molecular formula is C17H20ClNO3S2. The molecule has 130 valence electrons. The van der Waals surface area contributed by atoms with Crippen LogP contribution in [0, 0.1) is 0 Å². The first-order chi connectivity index (χ1) is 11.5. The molecule has 0 atom stereocenters. The highest BCUT2D eigenvalue weighted by molar-refractivity contribution is 8.26. The van der Waals surface area contributed by atoms with E-state index in [2.05, 4.69) is 0 Å². The molecule has 0 aliphatic carbocycles. The van der Waals surface area contributed by atoms with Gasteiger partial charge in [-0.05, 0) is 44.0 Å². The number of thioether (sulfide) groups is 1. The molecule has 0 radical (unpaired) electrons. The van der Waals surface area contributed by atoms with Crippen LogP contribution in [0.1, 0.15) is 32.8 Å². The zero-order valence-corrected chi connectivity index (χ0v) is 16.3. The highest BCUT2D eigenvalue weighted by atomic mass is 35.5. The van der Waals surface area contributed by atoms with Crippen molar-refractivity contribution in [2.24, 2.45) is 0 Å². The van der Waals surface area contributed by atoms with E-state index in [1.807, 2.05) is 26.8 Å². The Kier molecular flexibility index (Phi) is 6.95. The fourth-order valence-corrected chi connectivity index (χ4v) is 3.87. The van der Waals surface area contributed by atoms with Gasteiger partial charge in [0.2, 0.25) is 0 Å². The third-order valence-corrected chi connectivity index (χ3v) is 4.90. The zero-order chi connectivity index (χ0) is 17.7. The molecular weight excluding hydrogens is 366 g/mol. The minimum absolute atomic E-state index is 0.0604. The van der Waals surface area contributed by atoms with Crippen LogP contribution in [0.2, 0.25) is 5.02 Å². The topological polar surface area (TPSA) is 38.8 Å². The van der Waals surface area contributed by atoms with E-state index < -0.39 is 0 Å². The van der Waals surface area contributed by atoms with Crippen LogP contribution < -0.4 is 9.47 Å². The van der Waals surface area contributed by atoms with Crippen LogP contribution in [0.3, 0.4) is 0 Å². The maximum Gasteiger partial charge on any atom is 0.266 e. The number of rotatable bonds is 7. The minimum atomic E-state index is -0.0604. The second kappa shape index (κ2) is 8.74. The molecule has 0 bridgehead atoms. The fraction of sp³-hybridized carbons (Fsp3) is 0.412. The number of halogens is 1. The predicted molar refractivity (Wildman–Crippen MR) is 104 cm³/mol. The van der Waals surface area contributed by atoms with Crippen molar-refractivity contribution in [3.8, 4) is 11.5 Å². The molecule has 4 nitrogen and oxygen atoms in total. The minimum Gasteiger partial charge on any atom is -0.490 e. The molecule has 1 amide bonds. The summed E-state index contributed by atoms with van der Waals surface area (Å²) in [4.78, 5) is 14.7. The number of hydrogen-bond donors (Lipinski definition) is 0. The number of thiocarbonyl (C=S) groups is 1. The number of carbonyl (C=O) groups excluding carboxylic acids is 1. The summed E-state index contributed by atoms with van der Waals surface area (Å²) in [5, 5.41) is 0.457. The Balaban J connectivity index is 2.36. The summed E-state index contributed by atoms with van der Waals surface area (Å²) in [7, 11) is 0. The highest BCUT2D eigenvalue weighted by Gasteiger charge is 2.31. The van der Waals surface area contributed by atoms with Gasteiger partial charge in [0.15, 0.2) is 11.5 Å². The quantitative estimate of drug-likeness (QED) is 0.500. The normalized spacial score (nSPS) is 16.2. The van der Waals surface area contributed by atoms with Crippen molar-refractivity contribution >= 4 is 51.9 Å². The van der Waals surface area contributed by atoms with Crippen LogP contribution in [-0.2, 0) is 4.79 Å². The van der Waals surface area contributed by atoms with Crippen molar-refractivity contribution in [3.63, 3.8) is 0 Å². The number of hydrogen-bond acceptors (Lipinski definition) is 5. The van der Waals surface area contributed by atoms with Gasteiger partial charge in [0.1, 0.15) is 4.32 Å². The summed E-state index contributed by atoms with van der Waals surface area (Å²) in [5.74, 6) is 1.04. The molecule has 0 unspecified atom stereocenters. The van der Waals surface area contributed by atoms with Crippen molar-refractivity contribution in [2.45, 2.75) is 27.2 Å². The van der Waals surface area contributed by atoms with Gasteiger partial charge in [0.05, 0.1) is 23.1 Å². The second-order valence-electron chi connectivity index (χ2n) is 5.03. The first kappa shape index (κ1) is 19.1. The van der Waals surface area contributed by atoms with Gasteiger partial charge in [0.25, 0.3) is 5.91 Å². The third-order valence-electron chi connectivity index (χ3n) is 3.24. The van der Waals surface area contributed by atoms with Gasteiger partial charge in [-0.3, -0.25) is 9.69 Å². The average molecular weight is 386 g/mol. The van der Waals surface area contributed by atoms with Crippen LogP contribution in [0.5, 0.6) is 11.5 Å². The molecule has 0 saturated carbocycles. The number of carbonyl (C=O) groups is 1. The standard InChI is InChI=1S/C17H20ClNO3S2/c1-4-7-19-16(20)14(24-17(19)23)10-11-8-12(18)15(22-6-3)13(9-11)21-5-2/h8-10H,4-7H2,1-3H3/b14-10-. The lowest BCUT2D eigenvalue weighted by Gasteiger charge is -2.13. The Labute approximate surface area is 157 Å². The molecule has 7 heteroatoms. The molecule has 0 N–H and O–H groups in total. The number of benzene rings is 1. The van der Waals surface area contributed by atoms with E-state index in [1.165, 1.54) is 11.8 Å². The van der Waals surface area contributed by atoms with Crippen molar-refractivity contribution in [3.05, 3.63) is 27.6 Å². The Morgan fingerprint density at radius 1 is 1.25 bits per heavy atom. The van der Waals surface area contributed by atoms with Crippen LogP contribution in [-0.4, -0.2) is 34.9 Å². The van der Waals surface area contributed by atoms with Crippen LogP contribution >= 0.6 is 35.6 Å². The van der Waals surface area contributed by atoms with Crippen LogP contribution in [0.15, 0.2) is 17.0 Å². The lowest BCUT2D eigenvalue weighted by atomic mass is 10.1. The lowest BCUT2D eigenvalue weighted by Crippen LogP contribution is -2.28. The van der Waals surface area contributed by atoms with E-state index in [0.29, 0.717) is 45.5 Å². The molecule has 1 heterocycles. The van der Waals surface area contributed by atoms with Gasteiger partial charge in [-0.2, -0.15) is 0 Å². The average Bonchev–Trinajstić information content (AvgIpc) is 2.79. The fourth-order valence-electron chi connectivity index (χ4n) is 2.29. The molecule has 1 saturated heterocycles. The van der Waals surface area contributed by atoms with E-state index in [0.717, 1.165) is 12.0 Å². The third kappa shape index (κ3) is 4.23. The van der Waals surface area contributed by atoms with E-state index in [1.54, 1.807) is 17.0 Å². The lowest BCUT2D eigenvalue weighted by molar-refractivity contribution is -0.122. The van der Waals surface area contributed by atoms with E-state index in [-0.39, 0.29) is 5.91 Å². The highest BCUT2D eigenvalue weighted by Crippen LogP contribution is 2.39. The van der Waals surface area contributed by atoms with Gasteiger partial charge in [-0.1, -0.05) is 42.5 Å². The maximum absolute atomic E-state index is 12.4. The second-order valence-corrected chi connectivity index (χ2v) is 7.11. The van der Waals surface area contributed by atoms with Gasteiger partial charge >= 0.3 is 0 Å². The maximum atomic E-state index is 12.4. The molecule has 1 aromatic rings. The molecule has 1 fully saturated rings. The van der Waals surface area contributed by atoms with Crippen LogP contribution in [0.25, 0.3) is 6.08 Å². The largest absolute Gasteiger partial charge is 0.490 e. The molecule has 0 aromatic heterocycles. The molecule has 1 aliphatic rings. The van der Waals surface area contributed by atoms with Gasteiger partial charge < -0.3 is 9.47 Å². The molecule has 24 heavy (non-hydrogen) atoms. The Morgan fingerprint density at radius 2 is 1.96 bits per heavy atom. The number of nitrogens with zero attached hydrogens (tertiary/aromatic N) is 1. The van der Waals surface area contributed by atoms with E-state index >= 15 is 0 Å². The van der Waals surface area contributed by atoms with Gasteiger partial charge in [-0.15, -0.1) is 0 Å². The first-order valence-corrected chi connectivity index (χ1v) is 9.46. The van der Waals surface area contributed by atoms with E-state index in [4.69, 9.17) is 33.3 Å². The number of amides is 1. The summed E-state index contributed by atoms with van der Waals surface area (Å²) in [6, 6.07) is 3.59. The zero-order valence-electron chi connectivity index (χ0n) is 13.9. The van der Waals surface area contributed by atoms with Crippen molar-refractivity contribution in [1.29, 1.82) is 0 Å². The Bertz CT molecular complexity index is 676. The smallest absolute Gasteiger partial charge is 0.266 e. The SMILES string of the molecule is CCCN1C(=O)/C(=C/c2cc(Cl)c(OCC)c(OCC)c2)SC1=S. The summed E-state index contributed by atoms with van der Waals surface area (Å²) in [6.07, 6.45) is 2.65. The molecule has 0 spiro atoms. The molecule has 1 aliphatic heterocycles. The molecule has 1 aromatic carbocycles. The summed E-state index contributed by atoms with van der Waals surface area (Å²) >= 11 is 12.9. The Hall–Kier alpha value is -1.24. The Morgan fingerprint density at radius 3 is 2.58 bits per heavy atom. The van der Waals surface area contributed by atoms with Gasteiger partial charge in [0, 0.05) is 6.54 Å². The van der Waals surface area contributed by atoms with Crippen molar-refractivity contribution in [2.75, 3.05) is 19.8 Å². The first-order valence-electron chi connectivity index (χ1n) is 7.86. The van der Waals surface area contributed by atoms with Crippen molar-refractivity contribution in [1.82, 2.24) is 4.90 Å². The summed E-state index contributed by atoms with van der Waals surface area (Å²) in [5.41, 5.74) is 0.781. The predicted octanol–water partition coefficient (Wildman–Crippen LogP) is 4.75. The van der Waals surface area contributed by atoms with Crippen molar-refractivity contribution < 1.29 is 14.3 Å². The van der Waals surface area contributed by atoms with E-state index in [9.17, 15) is 4.79 Å². The summed E-state index contributed by atoms with van der Waals surface area (Å²) < 4.78 is 11.8. The number of ether oxygens (including phenoxy) is 2. The van der Waals surface area contributed by atoms with Gasteiger partial charge in [-0.25, -0.2) is 0 Å².